The van der Waals surface area contributed by atoms with Crippen LogP contribution in [-0.2, 0) is 27.3 Å². The number of esters is 1. The van der Waals surface area contributed by atoms with Gasteiger partial charge in [-0.25, -0.2) is 4.79 Å². The average Bonchev–Trinajstić information content (AvgIpc) is 3.26. The molecule has 7 nitrogen and oxygen atoms in total. The molecule has 1 aliphatic heterocycles. The normalized spacial score (nSPS) is 14.0. The molecule has 0 saturated carbocycles. The molecule has 1 atom stereocenters. The molecule has 0 radical (unpaired) electrons. The molecule has 0 fully saturated rings. The highest BCUT2D eigenvalue weighted by molar-refractivity contribution is 7.95. The maximum Gasteiger partial charge on any atom is 0.410 e. The van der Waals surface area contributed by atoms with Crippen LogP contribution < -0.4 is 30.7 Å². The van der Waals surface area contributed by atoms with Crippen molar-refractivity contribution in [2.75, 3.05) is 12.8 Å². The van der Waals surface area contributed by atoms with E-state index in [0.29, 0.717) is 19.3 Å². The summed E-state index contributed by atoms with van der Waals surface area (Å²) in [5.41, 5.74) is 4.30. The van der Waals surface area contributed by atoms with Gasteiger partial charge in [0.25, 0.3) is 0 Å². The quantitative estimate of drug-likeness (QED) is 0.0410. The summed E-state index contributed by atoms with van der Waals surface area (Å²) < 4.78 is 24.8. The summed E-state index contributed by atoms with van der Waals surface area (Å²) in [4.78, 5) is 26.5. The van der Waals surface area contributed by atoms with E-state index in [-0.39, 0.29) is 24.8 Å². The van der Waals surface area contributed by atoms with Gasteiger partial charge in [0.05, 0.1) is 12.8 Å². The minimum atomic E-state index is -1.95. The van der Waals surface area contributed by atoms with Crippen molar-refractivity contribution < 1.29 is 28.5 Å². The van der Waals surface area contributed by atoms with Gasteiger partial charge < -0.3 is 18.9 Å². The maximum atomic E-state index is 13.4. The SMILES string of the molecule is Cc1c(C)c2c(c(C)c1OC(NC(=O)OCc1ccccc1)C(C)(C)CCCOC(=O)CCCC[P+](c1ccccc1)(c1ccccc1)c1ccccc1)CCC(C)(C)O2. The number of ether oxygens (including phenoxy) is 4. The maximum absolute atomic E-state index is 13.4. The lowest BCUT2D eigenvalue weighted by atomic mass is 9.85. The molecule has 1 amide bonds. The van der Waals surface area contributed by atoms with Gasteiger partial charge in [0.15, 0.2) is 6.23 Å². The molecule has 60 heavy (non-hydrogen) atoms. The Kier molecular flexibility index (Phi) is 14.8. The first-order valence-corrected chi connectivity index (χ1v) is 23.4. The van der Waals surface area contributed by atoms with E-state index >= 15 is 0 Å². The first kappa shape index (κ1) is 44.4. The first-order valence-electron chi connectivity index (χ1n) is 21.5. The first-order chi connectivity index (χ1) is 28.8. The largest absolute Gasteiger partial charge is 0.487 e. The third-order valence-electron chi connectivity index (χ3n) is 12.0. The van der Waals surface area contributed by atoms with E-state index in [1.54, 1.807) is 0 Å². The molecule has 0 spiro atoms. The van der Waals surface area contributed by atoms with Crippen LogP contribution in [0.25, 0.3) is 0 Å². The van der Waals surface area contributed by atoms with Gasteiger partial charge in [0.2, 0.25) is 0 Å². The molecule has 0 aromatic heterocycles. The Bertz CT molecular complexity index is 2080. The van der Waals surface area contributed by atoms with Crippen molar-refractivity contribution in [3.8, 4) is 11.5 Å². The number of carbonyl (C=O) groups is 2. The third-order valence-corrected chi connectivity index (χ3v) is 16.5. The van der Waals surface area contributed by atoms with Crippen molar-refractivity contribution in [3.05, 3.63) is 149 Å². The molecule has 0 saturated heterocycles. The minimum Gasteiger partial charge on any atom is -0.487 e. The van der Waals surface area contributed by atoms with Gasteiger partial charge in [-0.1, -0.05) is 98.8 Å². The van der Waals surface area contributed by atoms with Gasteiger partial charge in [-0.05, 0) is 132 Å². The summed E-state index contributed by atoms with van der Waals surface area (Å²) >= 11 is 0. The molecular formula is C52H63NO6P+. The van der Waals surface area contributed by atoms with Gasteiger partial charge in [0, 0.05) is 17.4 Å². The average molecular weight is 829 g/mol. The molecule has 5 aromatic rings. The second-order valence-corrected chi connectivity index (χ2v) is 21.0. The van der Waals surface area contributed by atoms with Crippen molar-refractivity contribution in [3.63, 3.8) is 0 Å². The molecule has 0 bridgehead atoms. The van der Waals surface area contributed by atoms with Crippen molar-refractivity contribution in [1.82, 2.24) is 5.32 Å². The summed E-state index contributed by atoms with van der Waals surface area (Å²) in [6, 6.07) is 42.2. The highest BCUT2D eigenvalue weighted by atomic mass is 31.2. The topological polar surface area (TPSA) is 83.1 Å². The van der Waals surface area contributed by atoms with E-state index in [9.17, 15) is 9.59 Å². The molecular weight excluding hydrogens is 766 g/mol. The Hall–Kier alpha value is -5.13. The van der Waals surface area contributed by atoms with Crippen molar-refractivity contribution in [2.24, 2.45) is 5.41 Å². The molecule has 0 aliphatic carbocycles. The summed E-state index contributed by atoms with van der Waals surface area (Å²) in [6.45, 7) is 15.0. The van der Waals surface area contributed by atoms with Crippen LogP contribution in [0.2, 0.25) is 0 Å². The van der Waals surface area contributed by atoms with Crippen molar-refractivity contribution in [2.45, 2.75) is 112 Å². The van der Waals surface area contributed by atoms with Gasteiger partial charge in [-0.3, -0.25) is 10.1 Å². The van der Waals surface area contributed by atoms with Crippen molar-refractivity contribution >= 4 is 35.2 Å². The zero-order chi connectivity index (χ0) is 42.8. The van der Waals surface area contributed by atoms with Crippen LogP contribution in [0, 0.1) is 26.2 Å². The number of hydrogen-bond acceptors (Lipinski definition) is 6. The standard InChI is InChI=1S/C52H62NO6P/c1-38-39(2)48-45(32-34-52(6,7)59-48)40(3)47(38)58-49(53-50(55)57-37-41-23-12-8-13-24-41)51(4,5)33-22-35-56-46(54)31-20-21-36-60(42-25-14-9-15-26-42,43-27-16-10-17-28-43)44-29-18-11-19-30-44/h8-19,23-30,49H,20-22,31-37H2,1-7H3/p+1. The Morgan fingerprint density at radius 1 is 0.733 bits per heavy atom. The fourth-order valence-corrected chi connectivity index (χ4v) is 12.7. The van der Waals surface area contributed by atoms with Crippen LogP contribution in [0.4, 0.5) is 4.79 Å². The molecule has 1 aliphatic rings. The fraction of sp³-hybridized carbons (Fsp3) is 0.385. The summed E-state index contributed by atoms with van der Waals surface area (Å²) in [6.07, 6.45) is 4.68. The summed E-state index contributed by atoms with van der Waals surface area (Å²) in [7, 11) is -1.95. The van der Waals surface area contributed by atoms with Crippen LogP contribution in [0.5, 0.6) is 11.5 Å². The second kappa shape index (κ2) is 20.0. The summed E-state index contributed by atoms with van der Waals surface area (Å²) in [5, 5.41) is 7.09. The zero-order valence-corrected chi connectivity index (χ0v) is 37.5. The lowest BCUT2D eigenvalue weighted by Gasteiger charge is -2.38. The fourth-order valence-electron chi connectivity index (χ4n) is 8.32. The van der Waals surface area contributed by atoms with Crippen LogP contribution >= 0.6 is 7.26 Å². The lowest BCUT2D eigenvalue weighted by molar-refractivity contribution is -0.144. The molecule has 1 N–H and O–H groups in total. The van der Waals surface area contributed by atoms with Gasteiger partial charge in [-0.15, -0.1) is 0 Å². The van der Waals surface area contributed by atoms with E-state index in [4.69, 9.17) is 18.9 Å². The number of rotatable bonds is 18. The van der Waals surface area contributed by atoms with Gasteiger partial charge in [0.1, 0.15) is 46.9 Å². The Balaban J connectivity index is 1.09. The molecule has 5 aromatic carbocycles. The number of unbranched alkanes of at least 4 members (excludes halogenated alkanes) is 1. The van der Waals surface area contributed by atoms with E-state index in [2.05, 4.69) is 138 Å². The highest BCUT2D eigenvalue weighted by Crippen LogP contribution is 2.56. The highest BCUT2D eigenvalue weighted by Gasteiger charge is 2.44. The summed E-state index contributed by atoms with van der Waals surface area (Å²) in [5.74, 6) is 1.50. The second-order valence-electron chi connectivity index (χ2n) is 17.4. The number of fused-ring (bicyclic) bond motifs is 1. The predicted molar refractivity (Wildman–Crippen MR) is 246 cm³/mol. The number of benzene rings is 5. The number of alkyl carbamates (subject to hydrolysis) is 1. The number of carbonyl (C=O) groups excluding carboxylic acids is 2. The molecule has 316 valence electrons. The molecule has 1 unspecified atom stereocenters. The van der Waals surface area contributed by atoms with E-state index in [0.717, 1.165) is 71.2 Å². The van der Waals surface area contributed by atoms with E-state index < -0.39 is 25.0 Å². The predicted octanol–water partition coefficient (Wildman–Crippen LogP) is 10.9. The van der Waals surface area contributed by atoms with Crippen molar-refractivity contribution in [1.29, 1.82) is 0 Å². The van der Waals surface area contributed by atoms with Gasteiger partial charge in [-0.2, -0.15) is 0 Å². The van der Waals surface area contributed by atoms with Gasteiger partial charge >= 0.3 is 12.1 Å². The lowest BCUT2D eigenvalue weighted by Crippen LogP contribution is -2.49. The van der Waals surface area contributed by atoms with Crippen LogP contribution in [0.15, 0.2) is 121 Å². The van der Waals surface area contributed by atoms with Crippen LogP contribution in [-0.4, -0.2) is 36.7 Å². The Morgan fingerprint density at radius 3 is 1.85 bits per heavy atom. The van der Waals surface area contributed by atoms with Crippen LogP contribution in [0.1, 0.15) is 94.0 Å². The Morgan fingerprint density at radius 2 is 1.28 bits per heavy atom. The molecule has 1 heterocycles. The van der Waals surface area contributed by atoms with Crippen LogP contribution in [0.3, 0.4) is 0 Å². The zero-order valence-electron chi connectivity index (χ0n) is 36.6. The van der Waals surface area contributed by atoms with E-state index in [1.165, 1.54) is 15.9 Å². The minimum absolute atomic E-state index is 0.145. The smallest absolute Gasteiger partial charge is 0.410 e. The Labute approximate surface area is 358 Å². The molecule has 6 rings (SSSR count). The number of amides is 1. The van der Waals surface area contributed by atoms with E-state index in [1.807, 2.05) is 37.3 Å². The number of nitrogens with one attached hydrogen (secondary N) is 1. The number of hydrogen-bond donors (Lipinski definition) is 1. The molecule has 8 heteroatoms. The third kappa shape index (κ3) is 10.8. The monoisotopic (exact) mass is 828 g/mol.